The van der Waals surface area contributed by atoms with Crippen molar-refractivity contribution in [3.63, 3.8) is 0 Å². The number of piperidine rings is 1. The minimum atomic E-state index is -0.349. The number of pyridine rings is 1. The summed E-state index contributed by atoms with van der Waals surface area (Å²) in [5, 5.41) is 8.14. The molecule has 2 aromatic rings. The molecule has 2 N–H and O–H groups in total. The number of anilines is 1. The lowest BCUT2D eigenvalue weighted by Gasteiger charge is -2.31. The largest absolute Gasteiger partial charge is 0.497 e. The zero-order valence-corrected chi connectivity index (χ0v) is 21.6. The lowest BCUT2D eigenvalue weighted by atomic mass is 9.96. The monoisotopic (exact) mass is 516 g/mol. The van der Waals surface area contributed by atoms with Gasteiger partial charge in [0, 0.05) is 25.2 Å². The molecule has 2 amide bonds. The summed E-state index contributed by atoms with van der Waals surface area (Å²) in [5.74, 6) is 1.77. The van der Waals surface area contributed by atoms with Crippen molar-refractivity contribution in [2.45, 2.75) is 25.7 Å². The van der Waals surface area contributed by atoms with Crippen molar-refractivity contribution in [3.8, 4) is 5.75 Å². The molecule has 4 rings (SSSR count). The molecule has 2 heterocycles. The molecule has 10 heteroatoms. The number of aromatic nitrogens is 1. The van der Waals surface area contributed by atoms with Crippen LogP contribution in [0.1, 0.15) is 41.6 Å². The Bertz CT molecular complexity index is 1240. The Morgan fingerprint density at radius 1 is 1.05 bits per heavy atom. The van der Waals surface area contributed by atoms with Gasteiger partial charge in [-0.2, -0.15) is 10.2 Å². The first kappa shape index (κ1) is 26.6. The highest BCUT2D eigenvalue weighted by atomic mass is 16.5. The van der Waals surface area contributed by atoms with Crippen LogP contribution in [0.2, 0.25) is 0 Å². The Hall–Kier alpha value is -4.47. The topological polar surface area (TPSA) is 118 Å². The van der Waals surface area contributed by atoms with Crippen LogP contribution in [0, 0.1) is 5.92 Å². The van der Waals surface area contributed by atoms with Crippen LogP contribution in [0.25, 0.3) is 0 Å². The maximum absolute atomic E-state index is 12.6. The molecule has 1 aliphatic heterocycles. The molecule has 0 bridgehead atoms. The van der Waals surface area contributed by atoms with Crippen molar-refractivity contribution < 1.29 is 19.1 Å². The summed E-state index contributed by atoms with van der Waals surface area (Å²) in [4.78, 5) is 31.5. The summed E-state index contributed by atoms with van der Waals surface area (Å²) in [6.45, 7) is 1.39. The first-order chi connectivity index (χ1) is 18.6. The SMILES string of the molecule is COC1=CCCC(/C=N/NC(=O)C2CCN(c3ccc(C(=O)N/N=C/c4cccc(OC)c4)cn3)CC2)=C1. The molecule has 1 aromatic heterocycles. The molecule has 0 radical (unpaired) electrons. The minimum absolute atomic E-state index is 0.0747. The highest BCUT2D eigenvalue weighted by Crippen LogP contribution is 2.22. The van der Waals surface area contributed by atoms with Gasteiger partial charge in [0.2, 0.25) is 5.91 Å². The number of rotatable bonds is 9. The quantitative estimate of drug-likeness (QED) is 0.390. The Morgan fingerprint density at radius 3 is 2.61 bits per heavy atom. The predicted molar refractivity (Wildman–Crippen MR) is 146 cm³/mol. The number of carbonyl (C=O) groups excluding carboxylic acids is 2. The van der Waals surface area contributed by atoms with E-state index in [1.165, 1.54) is 6.20 Å². The van der Waals surface area contributed by atoms with Crippen LogP contribution in [-0.2, 0) is 9.53 Å². The molecule has 0 atom stereocenters. The van der Waals surface area contributed by atoms with Crippen LogP contribution in [0.4, 0.5) is 5.82 Å². The lowest BCUT2D eigenvalue weighted by molar-refractivity contribution is -0.125. The summed E-state index contributed by atoms with van der Waals surface area (Å²) < 4.78 is 10.4. The van der Waals surface area contributed by atoms with Crippen molar-refractivity contribution >= 4 is 30.1 Å². The second kappa shape index (κ2) is 13.2. The van der Waals surface area contributed by atoms with E-state index in [0.717, 1.165) is 35.6 Å². The smallest absolute Gasteiger partial charge is 0.272 e. The number of methoxy groups -OCH3 is 2. The zero-order valence-electron chi connectivity index (χ0n) is 21.6. The second-order valence-electron chi connectivity index (χ2n) is 8.94. The van der Waals surface area contributed by atoms with Crippen LogP contribution >= 0.6 is 0 Å². The number of ether oxygens (including phenoxy) is 2. The molecule has 38 heavy (non-hydrogen) atoms. The van der Waals surface area contributed by atoms with Crippen LogP contribution < -0.4 is 20.5 Å². The summed E-state index contributed by atoms with van der Waals surface area (Å²) in [6.07, 6.45) is 11.9. The van der Waals surface area contributed by atoms with Gasteiger partial charge in [-0.25, -0.2) is 15.8 Å². The van der Waals surface area contributed by atoms with Gasteiger partial charge in [0.1, 0.15) is 17.3 Å². The molecular weight excluding hydrogens is 484 g/mol. The van der Waals surface area contributed by atoms with Crippen molar-refractivity contribution in [3.05, 3.63) is 77.2 Å². The van der Waals surface area contributed by atoms with E-state index >= 15 is 0 Å². The van der Waals surface area contributed by atoms with Crippen molar-refractivity contribution in [1.29, 1.82) is 0 Å². The van der Waals surface area contributed by atoms with Crippen LogP contribution in [0.5, 0.6) is 5.75 Å². The molecule has 1 fully saturated rings. The third kappa shape index (κ3) is 7.28. The number of allylic oxidation sites excluding steroid dienone is 3. The van der Waals surface area contributed by atoms with Crippen molar-refractivity contribution in [2.75, 3.05) is 32.2 Å². The Morgan fingerprint density at radius 2 is 1.87 bits per heavy atom. The molecule has 1 aromatic carbocycles. The second-order valence-corrected chi connectivity index (χ2v) is 8.94. The highest BCUT2D eigenvalue weighted by Gasteiger charge is 2.25. The molecular formula is C28H32N6O4. The lowest BCUT2D eigenvalue weighted by Crippen LogP contribution is -2.39. The number of nitrogens with one attached hydrogen (secondary N) is 2. The molecule has 198 valence electrons. The van der Waals surface area contributed by atoms with Crippen LogP contribution in [-0.4, -0.2) is 56.5 Å². The van der Waals surface area contributed by atoms with E-state index in [-0.39, 0.29) is 17.7 Å². The van der Waals surface area contributed by atoms with E-state index in [1.54, 1.807) is 32.7 Å². The summed E-state index contributed by atoms with van der Waals surface area (Å²) in [6, 6.07) is 10.9. The maximum Gasteiger partial charge on any atom is 0.272 e. The van der Waals surface area contributed by atoms with Gasteiger partial charge in [0.15, 0.2) is 0 Å². The van der Waals surface area contributed by atoms with Crippen LogP contribution in [0.15, 0.2) is 76.3 Å². The normalized spacial score (nSPS) is 16.2. The summed E-state index contributed by atoms with van der Waals surface area (Å²) in [5.41, 5.74) is 7.42. The minimum Gasteiger partial charge on any atom is -0.497 e. The van der Waals surface area contributed by atoms with E-state index in [9.17, 15) is 9.59 Å². The van der Waals surface area contributed by atoms with Gasteiger partial charge in [0.25, 0.3) is 5.91 Å². The van der Waals surface area contributed by atoms with E-state index in [0.29, 0.717) is 37.2 Å². The number of carbonyl (C=O) groups is 2. The van der Waals surface area contributed by atoms with Gasteiger partial charge in [-0.15, -0.1) is 0 Å². The Kier molecular flexibility index (Phi) is 9.22. The Labute approximate surface area is 222 Å². The molecule has 0 unspecified atom stereocenters. The van der Waals surface area contributed by atoms with E-state index in [1.807, 2.05) is 42.5 Å². The van der Waals surface area contributed by atoms with Crippen LogP contribution in [0.3, 0.4) is 0 Å². The third-order valence-electron chi connectivity index (χ3n) is 6.42. The molecule has 2 aliphatic rings. The number of nitrogens with zero attached hydrogens (tertiary/aromatic N) is 4. The average Bonchev–Trinajstić information content (AvgIpc) is 2.97. The number of hydrogen-bond donors (Lipinski definition) is 2. The molecule has 1 saturated heterocycles. The number of benzene rings is 1. The van der Waals surface area contributed by atoms with Crippen molar-refractivity contribution in [2.24, 2.45) is 16.1 Å². The van der Waals surface area contributed by atoms with Gasteiger partial charge in [-0.3, -0.25) is 9.59 Å². The fourth-order valence-corrected chi connectivity index (χ4v) is 4.24. The summed E-state index contributed by atoms with van der Waals surface area (Å²) >= 11 is 0. The van der Waals surface area contributed by atoms with Gasteiger partial charge in [-0.1, -0.05) is 12.1 Å². The summed E-state index contributed by atoms with van der Waals surface area (Å²) in [7, 11) is 3.23. The third-order valence-corrected chi connectivity index (χ3v) is 6.42. The van der Waals surface area contributed by atoms with E-state index in [4.69, 9.17) is 9.47 Å². The molecule has 0 saturated carbocycles. The van der Waals surface area contributed by atoms with Gasteiger partial charge in [0.05, 0.1) is 32.2 Å². The standard InChI is InChI=1S/C28H32N6O4/c1-37-24-7-3-5-20(15-24)17-30-32-27(35)22-11-13-34(14-12-22)26-10-9-23(19-29-26)28(36)33-31-18-21-6-4-8-25(16-21)38-2/h4,6-10,15-19,22H,3,5,11-14H2,1-2H3,(H,32,35)(H,33,36)/b30-17+,31-18+. The molecule has 10 nitrogen and oxygen atoms in total. The van der Waals surface area contributed by atoms with Gasteiger partial charge >= 0.3 is 0 Å². The first-order valence-electron chi connectivity index (χ1n) is 12.5. The average molecular weight is 517 g/mol. The van der Waals surface area contributed by atoms with E-state index in [2.05, 4.69) is 30.9 Å². The number of amides is 2. The zero-order chi connectivity index (χ0) is 26.7. The fourth-order valence-electron chi connectivity index (χ4n) is 4.24. The number of hydrogen-bond acceptors (Lipinski definition) is 8. The Balaban J connectivity index is 1.22. The van der Waals surface area contributed by atoms with Crippen molar-refractivity contribution in [1.82, 2.24) is 15.8 Å². The van der Waals surface area contributed by atoms with Gasteiger partial charge < -0.3 is 14.4 Å². The number of hydrazone groups is 2. The van der Waals surface area contributed by atoms with E-state index < -0.39 is 0 Å². The first-order valence-corrected chi connectivity index (χ1v) is 12.5. The van der Waals surface area contributed by atoms with Gasteiger partial charge in [-0.05, 0) is 73.2 Å². The highest BCUT2D eigenvalue weighted by molar-refractivity contribution is 5.94. The molecule has 0 spiro atoms. The predicted octanol–water partition coefficient (Wildman–Crippen LogP) is 3.42. The maximum atomic E-state index is 12.6. The molecule has 1 aliphatic carbocycles. The fraction of sp³-hybridized carbons (Fsp3) is 0.321.